The molecule has 0 spiro atoms. The van der Waals surface area contributed by atoms with E-state index in [0.717, 1.165) is 38.2 Å². The number of alkyl halides is 1. The van der Waals surface area contributed by atoms with Gasteiger partial charge < -0.3 is 15.1 Å². The molecule has 1 aromatic rings. The number of pyridine rings is 1. The highest BCUT2D eigenvalue weighted by atomic mass is 19.1. The van der Waals surface area contributed by atoms with E-state index in [9.17, 15) is 9.18 Å². The zero-order valence-electron chi connectivity index (χ0n) is 19.0. The Hall–Kier alpha value is -1.69. The molecule has 2 heterocycles. The quantitative estimate of drug-likeness (QED) is 0.735. The van der Waals surface area contributed by atoms with Crippen molar-refractivity contribution in [3.8, 4) is 0 Å². The summed E-state index contributed by atoms with van der Waals surface area (Å²) < 4.78 is 13.4. The monoisotopic (exact) mass is 396 g/mol. The van der Waals surface area contributed by atoms with Gasteiger partial charge in [-0.25, -0.2) is 9.37 Å². The molecule has 1 unspecified atom stereocenters. The van der Waals surface area contributed by atoms with Crippen LogP contribution in [-0.2, 0) is 0 Å². The van der Waals surface area contributed by atoms with Crippen LogP contribution in [0.15, 0.2) is 18.3 Å². The maximum absolute atomic E-state index is 13.4. The Bertz CT molecular complexity index is 516. The fourth-order valence-electron chi connectivity index (χ4n) is 3.13. The molecule has 0 radical (unpaired) electrons. The van der Waals surface area contributed by atoms with E-state index >= 15 is 0 Å². The van der Waals surface area contributed by atoms with Gasteiger partial charge in [-0.2, -0.15) is 0 Å². The Balaban J connectivity index is 0.00000171. The molecule has 2 rings (SSSR count). The second-order valence-electron chi connectivity index (χ2n) is 6.47. The summed E-state index contributed by atoms with van der Waals surface area (Å²) in [6.45, 7) is 12.6. The normalized spacial score (nSPS) is 15.1. The molecule has 1 aromatic heterocycles. The van der Waals surface area contributed by atoms with E-state index in [-0.39, 0.29) is 5.91 Å². The minimum atomic E-state index is -0.683. The zero-order valence-corrected chi connectivity index (χ0v) is 19.0. The smallest absolute Gasteiger partial charge is 0.269 e. The highest BCUT2D eigenvalue weighted by Gasteiger charge is 2.23. The molecule has 1 fully saturated rings. The van der Waals surface area contributed by atoms with E-state index in [0.29, 0.717) is 24.6 Å². The first kappa shape index (κ1) is 26.3. The average Bonchev–Trinajstić information content (AvgIpc) is 2.79. The second kappa shape index (κ2) is 15.3. The van der Waals surface area contributed by atoms with Crippen molar-refractivity contribution in [3.63, 3.8) is 0 Å². The summed E-state index contributed by atoms with van der Waals surface area (Å²) in [5.41, 5.74) is 1.49. The van der Waals surface area contributed by atoms with Gasteiger partial charge in [-0.1, -0.05) is 34.6 Å². The third-order valence-electron chi connectivity index (χ3n) is 4.90. The molecule has 1 amide bonds. The maximum atomic E-state index is 13.4. The number of rotatable bonds is 7. The average molecular weight is 397 g/mol. The summed E-state index contributed by atoms with van der Waals surface area (Å²) in [5, 5.41) is 2.58. The lowest BCUT2D eigenvalue weighted by atomic mass is 10.0. The van der Waals surface area contributed by atoms with Crippen molar-refractivity contribution in [1.82, 2.24) is 15.2 Å². The van der Waals surface area contributed by atoms with Crippen LogP contribution in [0.25, 0.3) is 0 Å². The molecule has 28 heavy (non-hydrogen) atoms. The first-order chi connectivity index (χ1) is 13.5. The fourth-order valence-corrected chi connectivity index (χ4v) is 3.13. The van der Waals surface area contributed by atoms with Gasteiger partial charge in [0.15, 0.2) is 0 Å². The molecule has 0 aliphatic carbocycles. The second-order valence-corrected chi connectivity index (χ2v) is 6.47. The van der Waals surface area contributed by atoms with Gasteiger partial charge in [0.2, 0.25) is 0 Å². The summed E-state index contributed by atoms with van der Waals surface area (Å²) >= 11 is 0. The zero-order chi connectivity index (χ0) is 21.5. The van der Waals surface area contributed by atoms with Crippen molar-refractivity contribution in [3.05, 3.63) is 24.0 Å². The van der Waals surface area contributed by atoms with E-state index < -0.39 is 6.17 Å². The van der Waals surface area contributed by atoms with E-state index in [1.54, 1.807) is 19.3 Å². The number of carbonyl (C=O) groups excluding carboxylic acids is 1. The molecule has 6 heteroatoms. The van der Waals surface area contributed by atoms with E-state index in [1.165, 1.54) is 0 Å². The maximum Gasteiger partial charge on any atom is 0.269 e. The van der Waals surface area contributed by atoms with Crippen molar-refractivity contribution >= 4 is 11.6 Å². The summed E-state index contributed by atoms with van der Waals surface area (Å²) in [5.74, 6) is -0.167. The number of carbonyl (C=O) groups is 1. The highest BCUT2D eigenvalue weighted by molar-refractivity contribution is 5.92. The lowest BCUT2D eigenvalue weighted by Gasteiger charge is -2.38. The number of nitrogens with one attached hydrogen (secondary N) is 1. The predicted molar refractivity (Wildman–Crippen MR) is 118 cm³/mol. The van der Waals surface area contributed by atoms with Gasteiger partial charge in [-0.05, 0) is 44.9 Å². The van der Waals surface area contributed by atoms with Crippen LogP contribution in [0.3, 0.4) is 0 Å². The first-order valence-electron chi connectivity index (χ1n) is 10.8. The Morgan fingerprint density at radius 2 is 1.89 bits per heavy atom. The molecule has 1 saturated heterocycles. The van der Waals surface area contributed by atoms with Crippen LogP contribution in [0.5, 0.6) is 0 Å². The van der Waals surface area contributed by atoms with Gasteiger partial charge >= 0.3 is 0 Å². The Morgan fingerprint density at radius 1 is 1.29 bits per heavy atom. The van der Waals surface area contributed by atoms with Gasteiger partial charge in [0.05, 0.1) is 11.9 Å². The van der Waals surface area contributed by atoms with Crippen molar-refractivity contribution in [2.45, 2.75) is 72.5 Å². The van der Waals surface area contributed by atoms with Crippen LogP contribution < -0.4 is 10.2 Å². The molecule has 1 aliphatic rings. The van der Waals surface area contributed by atoms with Crippen molar-refractivity contribution in [2.24, 2.45) is 0 Å². The number of piperidine rings is 1. The lowest BCUT2D eigenvalue weighted by Crippen LogP contribution is -2.44. The van der Waals surface area contributed by atoms with Crippen LogP contribution in [0.4, 0.5) is 10.1 Å². The largest absolute Gasteiger partial charge is 0.370 e. The molecule has 0 aromatic carbocycles. The fraction of sp³-hybridized carbons (Fsp3) is 0.727. The summed E-state index contributed by atoms with van der Waals surface area (Å²) in [6, 6.07) is 4.23. The third-order valence-corrected chi connectivity index (χ3v) is 4.90. The first-order valence-corrected chi connectivity index (χ1v) is 10.8. The topological polar surface area (TPSA) is 48.5 Å². The Kier molecular flexibility index (Phi) is 14.3. The minimum Gasteiger partial charge on any atom is -0.370 e. The SMILES string of the molecule is CC.CC.CCC(F)CCN(C)C1CCN(c2ccc(C(=O)NC)nc2)CC1. The molecule has 1 aliphatic heterocycles. The molecule has 0 saturated carbocycles. The predicted octanol–water partition coefficient (Wildman–Crippen LogP) is 4.53. The Labute approximate surface area is 171 Å². The number of aromatic nitrogens is 1. The number of hydrogen-bond acceptors (Lipinski definition) is 4. The van der Waals surface area contributed by atoms with Crippen LogP contribution in [0.2, 0.25) is 0 Å². The van der Waals surface area contributed by atoms with Crippen LogP contribution in [0, 0.1) is 0 Å². The number of anilines is 1. The molecule has 162 valence electrons. The molecule has 5 nitrogen and oxygen atoms in total. The van der Waals surface area contributed by atoms with E-state index in [1.807, 2.05) is 40.7 Å². The van der Waals surface area contributed by atoms with Gasteiger partial charge in [-0.15, -0.1) is 0 Å². The third kappa shape index (κ3) is 8.55. The van der Waals surface area contributed by atoms with Gasteiger partial charge in [-0.3, -0.25) is 4.79 Å². The number of amides is 1. The molecule has 1 N–H and O–H groups in total. The molecular formula is C22H41FN4O. The van der Waals surface area contributed by atoms with Crippen LogP contribution in [-0.4, -0.2) is 61.7 Å². The number of hydrogen-bond donors (Lipinski definition) is 1. The van der Waals surface area contributed by atoms with Gasteiger partial charge in [0, 0.05) is 32.7 Å². The van der Waals surface area contributed by atoms with Gasteiger partial charge in [0.25, 0.3) is 5.91 Å². The standard InChI is InChI=1S/C18H29FN4O.2C2H6/c1-4-14(19)7-10-22(3)15-8-11-23(12-9-15)16-5-6-17(21-13-16)18(24)20-2;2*1-2/h5-6,13-15H,4,7-12H2,1-3H3,(H,20,24);2*1-2H3. The van der Waals surface area contributed by atoms with Crippen molar-refractivity contribution < 1.29 is 9.18 Å². The summed E-state index contributed by atoms with van der Waals surface area (Å²) in [4.78, 5) is 20.4. The van der Waals surface area contributed by atoms with Gasteiger partial charge in [0.1, 0.15) is 11.9 Å². The highest BCUT2D eigenvalue weighted by Crippen LogP contribution is 2.22. The Morgan fingerprint density at radius 3 is 2.36 bits per heavy atom. The molecule has 1 atom stereocenters. The number of nitrogens with zero attached hydrogens (tertiary/aromatic N) is 3. The summed E-state index contributed by atoms with van der Waals surface area (Å²) in [7, 11) is 3.70. The minimum absolute atomic E-state index is 0.167. The molecule has 0 bridgehead atoms. The van der Waals surface area contributed by atoms with Crippen molar-refractivity contribution in [2.75, 3.05) is 38.6 Å². The summed E-state index contributed by atoms with van der Waals surface area (Å²) in [6.07, 6.45) is 4.44. The molecular weight excluding hydrogens is 355 g/mol. The van der Waals surface area contributed by atoms with Crippen LogP contribution >= 0.6 is 0 Å². The van der Waals surface area contributed by atoms with Crippen LogP contribution in [0.1, 0.15) is 70.8 Å². The van der Waals surface area contributed by atoms with E-state index in [4.69, 9.17) is 0 Å². The lowest BCUT2D eigenvalue weighted by molar-refractivity contribution is 0.0958. The van der Waals surface area contributed by atoms with E-state index in [2.05, 4.69) is 27.1 Å². The number of halogens is 1. The van der Waals surface area contributed by atoms with Crippen molar-refractivity contribution in [1.29, 1.82) is 0 Å².